The Labute approximate surface area is 119 Å². The van der Waals surface area contributed by atoms with Crippen LogP contribution in [-0.2, 0) is 0 Å². The van der Waals surface area contributed by atoms with Crippen LogP contribution in [0, 0.1) is 28.6 Å². The Morgan fingerprint density at radius 1 is 1.20 bits per heavy atom. The molecule has 0 spiro atoms. The van der Waals surface area contributed by atoms with Crippen molar-refractivity contribution < 1.29 is 5.11 Å². The van der Waals surface area contributed by atoms with Gasteiger partial charge in [0.1, 0.15) is 12.1 Å². The van der Waals surface area contributed by atoms with Gasteiger partial charge in [0, 0.05) is 12.2 Å². The fourth-order valence-corrected chi connectivity index (χ4v) is 2.79. The highest BCUT2D eigenvalue weighted by Crippen LogP contribution is 2.28. The van der Waals surface area contributed by atoms with Crippen molar-refractivity contribution in [3.8, 4) is 12.1 Å². The lowest BCUT2D eigenvalue weighted by Gasteiger charge is -2.16. The number of anilines is 1. The summed E-state index contributed by atoms with van der Waals surface area (Å²) in [6, 6.07) is 9.04. The van der Waals surface area contributed by atoms with E-state index in [9.17, 15) is 5.11 Å². The zero-order valence-corrected chi connectivity index (χ0v) is 11.5. The fraction of sp³-hybridized carbons (Fsp3) is 0.500. The Hall–Kier alpha value is -2.04. The van der Waals surface area contributed by atoms with Gasteiger partial charge in [0.15, 0.2) is 0 Å². The number of aliphatic hydroxyl groups excluding tert-OH is 1. The lowest BCUT2D eigenvalue weighted by molar-refractivity contribution is 0.155. The molecule has 1 atom stereocenters. The highest BCUT2D eigenvalue weighted by atomic mass is 16.3. The van der Waals surface area contributed by atoms with E-state index in [-0.39, 0.29) is 6.10 Å². The first-order valence-corrected chi connectivity index (χ1v) is 7.09. The van der Waals surface area contributed by atoms with Gasteiger partial charge in [0.05, 0.1) is 17.2 Å². The minimum Gasteiger partial charge on any atom is -0.391 e. The van der Waals surface area contributed by atoms with Gasteiger partial charge in [-0.3, -0.25) is 0 Å². The summed E-state index contributed by atoms with van der Waals surface area (Å²) in [6.45, 7) is 0.479. The van der Waals surface area contributed by atoms with Crippen LogP contribution in [-0.4, -0.2) is 17.8 Å². The molecular weight excluding hydrogens is 250 g/mol. The van der Waals surface area contributed by atoms with Crippen LogP contribution in [0.4, 0.5) is 5.69 Å². The largest absolute Gasteiger partial charge is 0.391 e. The maximum absolute atomic E-state index is 10.0. The van der Waals surface area contributed by atoms with E-state index in [1.165, 1.54) is 25.7 Å². The minimum atomic E-state index is -0.362. The third-order valence-corrected chi connectivity index (χ3v) is 3.88. The van der Waals surface area contributed by atoms with E-state index >= 15 is 0 Å². The van der Waals surface area contributed by atoms with Gasteiger partial charge in [-0.15, -0.1) is 0 Å². The van der Waals surface area contributed by atoms with Crippen molar-refractivity contribution in [1.29, 1.82) is 10.5 Å². The molecule has 1 aromatic carbocycles. The smallest absolute Gasteiger partial charge is 0.101 e. The van der Waals surface area contributed by atoms with E-state index in [4.69, 9.17) is 10.5 Å². The number of rotatable bonds is 5. The predicted octanol–water partition coefficient (Wildman–Crippen LogP) is 2.78. The molecule has 1 aliphatic rings. The SMILES string of the molecule is N#Cc1ccc(NCC(O)CC2CCCC2)cc1C#N. The summed E-state index contributed by atoms with van der Waals surface area (Å²) < 4.78 is 0. The van der Waals surface area contributed by atoms with Crippen molar-refractivity contribution in [2.24, 2.45) is 5.92 Å². The topological polar surface area (TPSA) is 79.8 Å². The molecule has 2 rings (SSSR count). The van der Waals surface area contributed by atoms with Crippen LogP contribution in [0.1, 0.15) is 43.2 Å². The normalized spacial score (nSPS) is 16.4. The quantitative estimate of drug-likeness (QED) is 0.861. The summed E-state index contributed by atoms with van der Waals surface area (Å²) in [7, 11) is 0. The highest BCUT2D eigenvalue weighted by molar-refractivity contribution is 5.56. The first kappa shape index (κ1) is 14.4. The summed E-state index contributed by atoms with van der Waals surface area (Å²) in [6.07, 6.45) is 5.50. The predicted molar refractivity (Wildman–Crippen MR) is 76.9 cm³/mol. The van der Waals surface area contributed by atoms with Gasteiger partial charge < -0.3 is 10.4 Å². The molecule has 1 aromatic rings. The molecule has 0 bridgehead atoms. The van der Waals surface area contributed by atoms with Gasteiger partial charge in [0.25, 0.3) is 0 Å². The summed E-state index contributed by atoms with van der Waals surface area (Å²) in [4.78, 5) is 0. The zero-order valence-electron chi connectivity index (χ0n) is 11.5. The van der Waals surface area contributed by atoms with Gasteiger partial charge in [-0.25, -0.2) is 0 Å². The molecule has 1 aliphatic carbocycles. The second kappa shape index (κ2) is 6.93. The monoisotopic (exact) mass is 269 g/mol. The van der Waals surface area contributed by atoms with Gasteiger partial charge >= 0.3 is 0 Å². The summed E-state index contributed by atoms with van der Waals surface area (Å²) in [5.74, 6) is 0.655. The number of nitriles is 2. The first-order valence-electron chi connectivity index (χ1n) is 7.09. The van der Waals surface area contributed by atoms with Gasteiger partial charge in [-0.05, 0) is 30.5 Å². The number of hydrogen-bond donors (Lipinski definition) is 2. The molecule has 4 heteroatoms. The van der Waals surface area contributed by atoms with Crippen molar-refractivity contribution in [3.63, 3.8) is 0 Å². The molecule has 0 radical (unpaired) electrons. The van der Waals surface area contributed by atoms with Crippen LogP contribution in [0.5, 0.6) is 0 Å². The highest BCUT2D eigenvalue weighted by Gasteiger charge is 2.18. The van der Waals surface area contributed by atoms with Crippen molar-refractivity contribution in [1.82, 2.24) is 0 Å². The molecule has 0 saturated heterocycles. The molecule has 104 valence electrons. The van der Waals surface area contributed by atoms with Crippen molar-refractivity contribution in [2.75, 3.05) is 11.9 Å². The Kier molecular flexibility index (Phi) is 4.98. The number of aliphatic hydroxyl groups is 1. The van der Waals surface area contributed by atoms with Gasteiger partial charge in [-0.2, -0.15) is 10.5 Å². The van der Waals surface area contributed by atoms with Crippen LogP contribution < -0.4 is 5.32 Å². The Morgan fingerprint density at radius 2 is 1.90 bits per heavy atom. The lowest BCUT2D eigenvalue weighted by atomic mass is 10.00. The maximum atomic E-state index is 10.0. The van der Waals surface area contributed by atoms with Crippen molar-refractivity contribution >= 4 is 5.69 Å². The molecular formula is C16H19N3O. The summed E-state index contributed by atoms with van der Waals surface area (Å²) in [5, 5.41) is 31.0. The number of hydrogen-bond acceptors (Lipinski definition) is 4. The van der Waals surface area contributed by atoms with Crippen molar-refractivity contribution in [3.05, 3.63) is 29.3 Å². The molecule has 0 aromatic heterocycles. The molecule has 20 heavy (non-hydrogen) atoms. The van der Waals surface area contributed by atoms with Crippen LogP contribution in [0.2, 0.25) is 0 Å². The third kappa shape index (κ3) is 3.73. The summed E-state index contributed by atoms with van der Waals surface area (Å²) >= 11 is 0. The summed E-state index contributed by atoms with van der Waals surface area (Å²) in [5.41, 5.74) is 1.51. The average molecular weight is 269 g/mol. The fourth-order valence-electron chi connectivity index (χ4n) is 2.79. The van der Waals surface area contributed by atoms with E-state index in [1.807, 2.05) is 12.1 Å². The van der Waals surface area contributed by atoms with Crippen LogP contribution in [0.3, 0.4) is 0 Å². The van der Waals surface area contributed by atoms with E-state index in [1.54, 1.807) is 18.2 Å². The lowest BCUT2D eigenvalue weighted by Crippen LogP contribution is -2.22. The third-order valence-electron chi connectivity index (χ3n) is 3.88. The van der Waals surface area contributed by atoms with E-state index in [0.717, 1.165) is 12.1 Å². The van der Waals surface area contributed by atoms with E-state index < -0.39 is 0 Å². The average Bonchev–Trinajstić information content (AvgIpc) is 2.97. The van der Waals surface area contributed by atoms with Crippen molar-refractivity contribution in [2.45, 2.75) is 38.2 Å². The van der Waals surface area contributed by atoms with Gasteiger partial charge in [0.2, 0.25) is 0 Å². The Bertz CT molecular complexity index is 536. The number of nitrogens with zero attached hydrogens (tertiary/aromatic N) is 2. The molecule has 0 amide bonds. The molecule has 2 N–H and O–H groups in total. The maximum Gasteiger partial charge on any atom is 0.101 e. The Morgan fingerprint density at radius 3 is 2.55 bits per heavy atom. The molecule has 1 fully saturated rings. The first-order chi connectivity index (χ1) is 9.72. The minimum absolute atomic E-state index is 0.362. The van der Waals surface area contributed by atoms with Gasteiger partial charge in [-0.1, -0.05) is 25.7 Å². The number of benzene rings is 1. The molecule has 1 unspecified atom stereocenters. The zero-order chi connectivity index (χ0) is 14.4. The molecule has 0 heterocycles. The van der Waals surface area contributed by atoms with E-state index in [0.29, 0.717) is 23.6 Å². The van der Waals surface area contributed by atoms with Crippen LogP contribution in [0.15, 0.2) is 18.2 Å². The van der Waals surface area contributed by atoms with Crippen LogP contribution in [0.25, 0.3) is 0 Å². The number of nitrogens with one attached hydrogen (secondary N) is 1. The molecule has 1 saturated carbocycles. The van der Waals surface area contributed by atoms with Crippen LogP contribution >= 0.6 is 0 Å². The molecule has 0 aliphatic heterocycles. The second-order valence-corrected chi connectivity index (χ2v) is 5.40. The van der Waals surface area contributed by atoms with E-state index in [2.05, 4.69) is 5.32 Å². The second-order valence-electron chi connectivity index (χ2n) is 5.40. The standard InChI is InChI=1S/C16H19N3O/c17-9-13-5-6-15(8-14(13)10-18)19-11-16(20)7-12-3-1-2-4-12/h5-6,8,12,16,19-20H,1-4,7,11H2. The molecule has 4 nitrogen and oxygen atoms in total. The Balaban J connectivity index is 1.87.